The summed E-state index contributed by atoms with van der Waals surface area (Å²) in [4.78, 5) is 22.1. The predicted octanol–water partition coefficient (Wildman–Crippen LogP) is 3.84. The van der Waals surface area contributed by atoms with Gasteiger partial charge in [-0.2, -0.15) is 13.2 Å². The van der Waals surface area contributed by atoms with Crippen LogP contribution in [0, 0.1) is 10.1 Å². The number of carbonyl (C=O) groups is 1. The van der Waals surface area contributed by atoms with Gasteiger partial charge < -0.3 is 0 Å². The van der Waals surface area contributed by atoms with Gasteiger partial charge in [-0.15, -0.1) is 0 Å². The van der Waals surface area contributed by atoms with Crippen LogP contribution in [0.3, 0.4) is 0 Å². The molecule has 0 bridgehead atoms. The van der Waals surface area contributed by atoms with Crippen LogP contribution in [0.15, 0.2) is 48.5 Å². The highest BCUT2D eigenvalue weighted by molar-refractivity contribution is 6.09. The third kappa shape index (κ3) is 3.25. The Morgan fingerprint density at radius 1 is 1.00 bits per heavy atom. The zero-order chi connectivity index (χ0) is 15.6. The molecule has 0 fully saturated rings. The molecule has 2 rings (SSSR count). The normalized spacial score (nSPS) is 11.2. The summed E-state index contributed by atoms with van der Waals surface area (Å²) in [6.07, 6.45) is -4.56. The molecule has 4 nitrogen and oxygen atoms in total. The van der Waals surface area contributed by atoms with Crippen LogP contribution in [0.25, 0.3) is 0 Å². The van der Waals surface area contributed by atoms with Gasteiger partial charge in [0, 0.05) is 23.3 Å². The molecule has 0 saturated heterocycles. The van der Waals surface area contributed by atoms with E-state index < -0.39 is 22.4 Å². The lowest BCUT2D eigenvalue weighted by atomic mass is 10.0. The summed E-state index contributed by atoms with van der Waals surface area (Å²) in [6.45, 7) is 0. The largest absolute Gasteiger partial charge is 0.416 e. The van der Waals surface area contributed by atoms with Crippen molar-refractivity contribution in [3.63, 3.8) is 0 Å². The lowest BCUT2D eigenvalue weighted by Gasteiger charge is -2.08. The van der Waals surface area contributed by atoms with Crippen LogP contribution in [0.5, 0.6) is 0 Å². The molecule has 0 radical (unpaired) electrons. The van der Waals surface area contributed by atoms with Crippen molar-refractivity contribution in [1.82, 2.24) is 0 Å². The van der Waals surface area contributed by atoms with Gasteiger partial charge in [0.1, 0.15) is 0 Å². The highest BCUT2D eigenvalue weighted by Gasteiger charge is 2.31. The van der Waals surface area contributed by atoms with Crippen LogP contribution in [0.1, 0.15) is 21.5 Å². The number of non-ortho nitro benzene ring substituents is 1. The lowest BCUT2D eigenvalue weighted by Crippen LogP contribution is -2.08. The Balaban J connectivity index is 2.41. The number of hydrogen-bond acceptors (Lipinski definition) is 3. The van der Waals surface area contributed by atoms with E-state index in [1.54, 1.807) is 0 Å². The van der Waals surface area contributed by atoms with Gasteiger partial charge >= 0.3 is 6.18 Å². The number of hydrogen-bond donors (Lipinski definition) is 0. The van der Waals surface area contributed by atoms with Crippen molar-refractivity contribution in [3.05, 3.63) is 75.3 Å². The summed E-state index contributed by atoms with van der Waals surface area (Å²) in [5.74, 6) is -0.704. The minimum Gasteiger partial charge on any atom is -0.289 e. The van der Waals surface area contributed by atoms with Crippen LogP contribution in [0.4, 0.5) is 18.9 Å². The molecule has 2 aromatic rings. The highest BCUT2D eigenvalue weighted by atomic mass is 19.4. The van der Waals surface area contributed by atoms with Crippen molar-refractivity contribution >= 4 is 11.5 Å². The molecule has 0 amide bonds. The minimum absolute atomic E-state index is 0.0384. The summed E-state index contributed by atoms with van der Waals surface area (Å²) < 4.78 is 37.8. The standard InChI is InChI=1S/C14H8F3NO3/c15-14(16,17)11-5-1-3-9(7-11)13(19)10-4-2-6-12(8-10)18(20)21/h1-8H. The van der Waals surface area contributed by atoms with E-state index in [2.05, 4.69) is 0 Å². The number of benzene rings is 2. The van der Waals surface area contributed by atoms with Gasteiger partial charge in [-0.1, -0.05) is 24.3 Å². The van der Waals surface area contributed by atoms with Crippen molar-refractivity contribution in [2.45, 2.75) is 6.18 Å². The summed E-state index contributed by atoms with van der Waals surface area (Å²) in [6, 6.07) is 8.77. The topological polar surface area (TPSA) is 60.2 Å². The maximum Gasteiger partial charge on any atom is 0.416 e. The van der Waals surface area contributed by atoms with Gasteiger partial charge in [-0.05, 0) is 12.1 Å². The summed E-state index contributed by atoms with van der Waals surface area (Å²) in [7, 11) is 0. The average Bonchev–Trinajstić information content (AvgIpc) is 2.46. The van der Waals surface area contributed by atoms with Gasteiger partial charge in [-0.25, -0.2) is 0 Å². The van der Waals surface area contributed by atoms with Crippen LogP contribution in [-0.4, -0.2) is 10.7 Å². The molecule has 0 aliphatic rings. The number of halogens is 3. The van der Waals surface area contributed by atoms with Gasteiger partial charge in [0.05, 0.1) is 10.5 Å². The number of rotatable bonds is 3. The molecule has 0 unspecified atom stereocenters. The van der Waals surface area contributed by atoms with Crippen molar-refractivity contribution < 1.29 is 22.9 Å². The molecule has 0 saturated carbocycles. The Morgan fingerprint density at radius 2 is 1.57 bits per heavy atom. The molecule has 7 heteroatoms. The predicted molar refractivity (Wildman–Crippen MR) is 68.0 cm³/mol. The highest BCUT2D eigenvalue weighted by Crippen LogP contribution is 2.30. The van der Waals surface area contributed by atoms with E-state index in [1.807, 2.05) is 0 Å². The van der Waals surface area contributed by atoms with Crippen LogP contribution >= 0.6 is 0 Å². The monoisotopic (exact) mass is 295 g/mol. The molecule has 21 heavy (non-hydrogen) atoms. The van der Waals surface area contributed by atoms with Gasteiger partial charge in [0.2, 0.25) is 0 Å². The van der Waals surface area contributed by atoms with Crippen molar-refractivity contribution in [2.24, 2.45) is 0 Å². The Morgan fingerprint density at radius 3 is 2.14 bits per heavy atom. The molecular formula is C14H8F3NO3. The van der Waals surface area contributed by atoms with E-state index >= 15 is 0 Å². The second kappa shape index (κ2) is 5.35. The first-order valence-corrected chi connectivity index (χ1v) is 5.75. The maximum atomic E-state index is 12.6. The molecule has 0 heterocycles. The smallest absolute Gasteiger partial charge is 0.289 e. The Hall–Kier alpha value is -2.70. The van der Waals surface area contributed by atoms with Crippen molar-refractivity contribution in [1.29, 1.82) is 0 Å². The zero-order valence-electron chi connectivity index (χ0n) is 10.4. The second-order valence-electron chi connectivity index (χ2n) is 4.22. The Labute approximate surface area is 117 Å². The minimum atomic E-state index is -4.56. The number of nitrogens with zero attached hydrogens (tertiary/aromatic N) is 1. The van der Waals surface area contributed by atoms with Gasteiger partial charge in [0.25, 0.3) is 5.69 Å². The zero-order valence-corrected chi connectivity index (χ0v) is 10.4. The first-order chi connectivity index (χ1) is 9.79. The SMILES string of the molecule is O=C(c1cccc([N+](=O)[O-])c1)c1cccc(C(F)(F)F)c1. The number of nitro groups is 1. The van der Waals surface area contributed by atoms with Gasteiger partial charge in [-0.3, -0.25) is 14.9 Å². The molecule has 0 aliphatic carbocycles. The lowest BCUT2D eigenvalue weighted by molar-refractivity contribution is -0.384. The molecule has 0 aliphatic heterocycles. The van der Waals surface area contributed by atoms with Crippen molar-refractivity contribution in [2.75, 3.05) is 0 Å². The third-order valence-electron chi connectivity index (χ3n) is 2.77. The van der Waals surface area contributed by atoms with Gasteiger partial charge in [0.15, 0.2) is 5.78 Å². The van der Waals surface area contributed by atoms with E-state index in [1.165, 1.54) is 24.3 Å². The van der Waals surface area contributed by atoms with Crippen LogP contribution < -0.4 is 0 Å². The van der Waals surface area contributed by atoms with E-state index in [-0.39, 0.29) is 16.8 Å². The Kier molecular flexibility index (Phi) is 3.75. The molecular weight excluding hydrogens is 287 g/mol. The number of nitro benzene ring substituents is 1. The van der Waals surface area contributed by atoms with E-state index in [0.29, 0.717) is 0 Å². The van der Waals surface area contributed by atoms with E-state index in [9.17, 15) is 28.1 Å². The van der Waals surface area contributed by atoms with Crippen LogP contribution in [-0.2, 0) is 6.18 Å². The first kappa shape index (κ1) is 14.7. The number of alkyl halides is 3. The maximum absolute atomic E-state index is 12.6. The molecule has 0 spiro atoms. The number of carbonyl (C=O) groups excluding carboxylic acids is 1. The van der Waals surface area contributed by atoms with Crippen LogP contribution in [0.2, 0.25) is 0 Å². The van der Waals surface area contributed by atoms with Crippen molar-refractivity contribution in [3.8, 4) is 0 Å². The fourth-order valence-electron chi connectivity index (χ4n) is 1.76. The molecule has 2 aromatic carbocycles. The fraction of sp³-hybridized carbons (Fsp3) is 0.0714. The summed E-state index contributed by atoms with van der Waals surface area (Å²) in [5, 5.41) is 10.6. The average molecular weight is 295 g/mol. The Bertz CT molecular complexity index is 711. The second-order valence-corrected chi connectivity index (χ2v) is 4.22. The van der Waals surface area contributed by atoms with E-state index in [4.69, 9.17) is 0 Å². The third-order valence-corrected chi connectivity index (χ3v) is 2.77. The summed E-state index contributed by atoms with van der Waals surface area (Å²) >= 11 is 0. The molecule has 108 valence electrons. The quantitative estimate of drug-likeness (QED) is 0.491. The molecule has 0 atom stereocenters. The fourth-order valence-corrected chi connectivity index (χ4v) is 1.76. The van der Waals surface area contributed by atoms with E-state index in [0.717, 1.165) is 24.3 Å². The first-order valence-electron chi connectivity index (χ1n) is 5.75. The molecule has 0 N–H and O–H groups in total. The number of ketones is 1. The molecule has 0 aromatic heterocycles. The summed E-state index contributed by atoms with van der Waals surface area (Å²) in [5.41, 5.74) is -1.46.